The van der Waals surface area contributed by atoms with Gasteiger partial charge in [-0.1, -0.05) is 53.5 Å². The van der Waals surface area contributed by atoms with Crippen molar-refractivity contribution in [2.24, 2.45) is 0 Å². The van der Waals surface area contributed by atoms with Gasteiger partial charge >= 0.3 is 0 Å². The summed E-state index contributed by atoms with van der Waals surface area (Å²) in [6, 6.07) is 19.2. The van der Waals surface area contributed by atoms with E-state index in [1.807, 2.05) is 61.7 Å². The number of methoxy groups -OCH3 is 1. The molecule has 0 bridgehead atoms. The van der Waals surface area contributed by atoms with Crippen LogP contribution in [-0.4, -0.2) is 17.6 Å². The Morgan fingerprint density at radius 2 is 1.64 bits per heavy atom. The SMILES string of the molecule is COc1ccccc1-c1c(F)c2c(n1C(C)C)C(c1ccc(Cl)cc1)N(c1cc(Cl)ccc1C)C2=O. The average molecular weight is 523 g/mol. The fourth-order valence-corrected chi connectivity index (χ4v) is 5.37. The van der Waals surface area contributed by atoms with Gasteiger partial charge in [0.1, 0.15) is 11.8 Å². The molecular weight excluding hydrogens is 498 g/mol. The second kappa shape index (κ2) is 9.30. The molecular formula is C29H25Cl2FN2O2. The van der Waals surface area contributed by atoms with Crippen molar-refractivity contribution < 1.29 is 13.9 Å². The number of carbonyl (C=O) groups is 1. The minimum Gasteiger partial charge on any atom is -0.496 e. The zero-order valence-electron chi connectivity index (χ0n) is 20.4. The van der Waals surface area contributed by atoms with Gasteiger partial charge in [0, 0.05) is 27.3 Å². The molecule has 0 saturated carbocycles. The molecule has 2 heterocycles. The van der Waals surface area contributed by atoms with Crippen LogP contribution in [0.2, 0.25) is 10.0 Å². The van der Waals surface area contributed by atoms with Gasteiger partial charge in [-0.15, -0.1) is 0 Å². The number of hydrogen-bond acceptors (Lipinski definition) is 2. The molecule has 1 atom stereocenters. The largest absolute Gasteiger partial charge is 0.496 e. The van der Waals surface area contributed by atoms with E-state index in [-0.39, 0.29) is 11.6 Å². The van der Waals surface area contributed by atoms with E-state index in [0.29, 0.717) is 38.4 Å². The van der Waals surface area contributed by atoms with E-state index in [2.05, 4.69) is 0 Å². The second-order valence-corrected chi connectivity index (χ2v) is 10.0. The minimum atomic E-state index is -0.581. The Balaban J connectivity index is 1.85. The van der Waals surface area contributed by atoms with Crippen molar-refractivity contribution in [2.75, 3.05) is 12.0 Å². The summed E-state index contributed by atoms with van der Waals surface area (Å²) in [6.45, 7) is 5.87. The first-order valence-corrected chi connectivity index (χ1v) is 12.4. The molecule has 0 saturated heterocycles. The Morgan fingerprint density at radius 1 is 0.972 bits per heavy atom. The maximum atomic E-state index is 16.5. The fourth-order valence-electron chi connectivity index (χ4n) is 5.08. The molecule has 0 N–H and O–H groups in total. The van der Waals surface area contributed by atoms with Crippen LogP contribution in [0.3, 0.4) is 0 Å². The predicted molar refractivity (Wildman–Crippen MR) is 143 cm³/mol. The third-order valence-corrected chi connectivity index (χ3v) is 7.12. The molecule has 1 aliphatic rings. The third-order valence-electron chi connectivity index (χ3n) is 6.63. The van der Waals surface area contributed by atoms with Gasteiger partial charge in [-0.25, -0.2) is 4.39 Å². The highest BCUT2D eigenvalue weighted by Gasteiger charge is 2.47. The zero-order chi connectivity index (χ0) is 25.7. The molecule has 0 spiro atoms. The number of anilines is 1. The topological polar surface area (TPSA) is 34.5 Å². The molecule has 1 aromatic heterocycles. The molecule has 36 heavy (non-hydrogen) atoms. The maximum Gasteiger partial charge on any atom is 0.264 e. The van der Waals surface area contributed by atoms with Gasteiger partial charge in [-0.2, -0.15) is 0 Å². The molecule has 0 aliphatic carbocycles. The minimum absolute atomic E-state index is 0.0592. The number of para-hydroxylation sites is 1. The number of fused-ring (bicyclic) bond motifs is 1. The number of aromatic nitrogens is 1. The molecule has 7 heteroatoms. The lowest BCUT2D eigenvalue weighted by atomic mass is 10.0. The van der Waals surface area contributed by atoms with Crippen molar-refractivity contribution in [3.8, 4) is 17.0 Å². The van der Waals surface area contributed by atoms with Crippen molar-refractivity contribution in [3.05, 3.63) is 105 Å². The molecule has 0 fully saturated rings. The second-order valence-electron chi connectivity index (χ2n) is 9.15. The first-order chi connectivity index (χ1) is 17.2. The lowest BCUT2D eigenvalue weighted by molar-refractivity contribution is 0.0990. The molecule has 3 aromatic carbocycles. The number of rotatable bonds is 5. The first-order valence-electron chi connectivity index (χ1n) is 11.7. The van der Waals surface area contributed by atoms with Crippen molar-refractivity contribution in [3.63, 3.8) is 0 Å². The number of halogens is 3. The summed E-state index contributed by atoms with van der Waals surface area (Å²) in [5, 5.41) is 1.07. The van der Waals surface area contributed by atoms with Gasteiger partial charge < -0.3 is 9.30 Å². The molecule has 1 amide bonds. The van der Waals surface area contributed by atoms with Gasteiger partial charge in [-0.05, 0) is 68.3 Å². The number of aryl methyl sites for hydroxylation is 1. The van der Waals surface area contributed by atoms with Gasteiger partial charge in [0.15, 0.2) is 5.82 Å². The summed E-state index contributed by atoms with van der Waals surface area (Å²) in [6.07, 6.45) is 0. The molecule has 0 radical (unpaired) electrons. The Morgan fingerprint density at radius 3 is 2.31 bits per heavy atom. The van der Waals surface area contributed by atoms with Crippen LogP contribution in [0.15, 0.2) is 66.7 Å². The monoisotopic (exact) mass is 522 g/mol. The number of hydrogen-bond donors (Lipinski definition) is 0. The van der Waals surface area contributed by atoms with E-state index in [9.17, 15) is 4.79 Å². The van der Waals surface area contributed by atoms with Crippen LogP contribution in [0.5, 0.6) is 5.75 Å². The highest BCUT2D eigenvalue weighted by atomic mass is 35.5. The van der Waals surface area contributed by atoms with Crippen molar-refractivity contribution in [2.45, 2.75) is 32.9 Å². The number of carbonyl (C=O) groups excluding carboxylic acids is 1. The Labute approximate surface area is 219 Å². The van der Waals surface area contributed by atoms with Crippen molar-refractivity contribution in [1.82, 2.24) is 4.57 Å². The number of benzene rings is 3. The summed E-state index contributed by atoms with van der Waals surface area (Å²) < 4.78 is 23.9. The first kappa shape index (κ1) is 24.4. The quantitative estimate of drug-likeness (QED) is 0.264. The Bertz CT molecular complexity index is 1480. The van der Waals surface area contributed by atoms with Crippen LogP contribution in [-0.2, 0) is 0 Å². The van der Waals surface area contributed by atoms with Gasteiger partial charge in [0.25, 0.3) is 5.91 Å². The van der Waals surface area contributed by atoms with E-state index in [1.54, 1.807) is 42.3 Å². The van der Waals surface area contributed by atoms with Crippen LogP contribution in [0.25, 0.3) is 11.3 Å². The van der Waals surface area contributed by atoms with Gasteiger partial charge in [0.05, 0.1) is 24.1 Å². The Hall–Kier alpha value is -3.28. The standard InChI is InChI=1S/C29H25Cl2FN2O2/c1-16(2)33-27(21-7-5-6-8-23(21)36-4)25(32)24-28(33)26(18-10-13-19(30)14-11-18)34(29(24)35)22-15-20(31)12-9-17(22)3/h5-16,26H,1-4H3. The third kappa shape index (κ3) is 3.78. The van der Waals surface area contributed by atoms with Crippen LogP contribution in [0.4, 0.5) is 10.1 Å². The number of nitrogens with zero attached hydrogens (tertiary/aromatic N) is 2. The highest BCUT2D eigenvalue weighted by molar-refractivity contribution is 6.31. The molecule has 1 aliphatic heterocycles. The van der Waals surface area contributed by atoms with Crippen molar-refractivity contribution in [1.29, 1.82) is 0 Å². The van der Waals surface area contributed by atoms with E-state index in [1.165, 1.54) is 0 Å². The zero-order valence-corrected chi connectivity index (χ0v) is 21.9. The molecule has 1 unspecified atom stereocenters. The van der Waals surface area contributed by atoms with Crippen LogP contribution >= 0.6 is 23.2 Å². The van der Waals surface area contributed by atoms with Crippen molar-refractivity contribution >= 4 is 34.8 Å². The van der Waals surface area contributed by atoms with Crippen LogP contribution in [0, 0.1) is 12.7 Å². The van der Waals surface area contributed by atoms with Crippen LogP contribution in [0.1, 0.15) is 53.1 Å². The fraction of sp³-hybridized carbons (Fsp3) is 0.207. The summed E-state index contributed by atoms with van der Waals surface area (Å²) >= 11 is 12.5. The van der Waals surface area contributed by atoms with E-state index in [4.69, 9.17) is 27.9 Å². The summed E-state index contributed by atoms with van der Waals surface area (Å²) in [4.78, 5) is 15.7. The van der Waals surface area contributed by atoms with E-state index < -0.39 is 17.8 Å². The normalized spacial score (nSPS) is 15.1. The number of ether oxygens (including phenoxy) is 1. The van der Waals surface area contributed by atoms with Crippen LogP contribution < -0.4 is 9.64 Å². The molecule has 184 valence electrons. The molecule has 5 rings (SSSR count). The molecule has 4 nitrogen and oxygen atoms in total. The lowest BCUT2D eigenvalue weighted by Crippen LogP contribution is -2.31. The lowest BCUT2D eigenvalue weighted by Gasteiger charge is -2.30. The highest BCUT2D eigenvalue weighted by Crippen LogP contribution is 2.49. The smallest absolute Gasteiger partial charge is 0.264 e. The average Bonchev–Trinajstić information content (AvgIpc) is 3.32. The maximum absolute atomic E-state index is 16.5. The summed E-state index contributed by atoms with van der Waals surface area (Å²) in [5.41, 5.74) is 3.89. The van der Waals surface area contributed by atoms with E-state index in [0.717, 1.165) is 11.1 Å². The molecule has 4 aromatic rings. The predicted octanol–water partition coefficient (Wildman–Crippen LogP) is 8.25. The summed E-state index contributed by atoms with van der Waals surface area (Å²) in [7, 11) is 1.55. The number of amides is 1. The Kier molecular flexibility index (Phi) is 6.31. The summed E-state index contributed by atoms with van der Waals surface area (Å²) in [5.74, 6) is -0.440. The van der Waals surface area contributed by atoms with Gasteiger partial charge in [0.2, 0.25) is 0 Å². The van der Waals surface area contributed by atoms with Gasteiger partial charge in [-0.3, -0.25) is 9.69 Å². The van der Waals surface area contributed by atoms with E-state index >= 15 is 4.39 Å².